The number of Topliss-reactive ketones (excluding diaryl/α,β-unsaturated/α-hetero) is 1. The summed E-state index contributed by atoms with van der Waals surface area (Å²) in [5.74, 6) is 1.19. The Kier molecular flexibility index (Phi) is 1.97. The molecule has 3 nitrogen and oxygen atoms in total. The van der Waals surface area contributed by atoms with Crippen LogP contribution in [0.4, 0.5) is 5.69 Å². The van der Waals surface area contributed by atoms with E-state index in [2.05, 4.69) is 22.9 Å². The van der Waals surface area contributed by atoms with E-state index in [-0.39, 0.29) is 5.78 Å². The Morgan fingerprint density at radius 2 is 2.12 bits per heavy atom. The molecule has 0 atom stereocenters. The van der Waals surface area contributed by atoms with Crippen molar-refractivity contribution in [2.75, 3.05) is 0 Å². The Hall–Kier alpha value is -1.64. The number of benzene rings is 1. The summed E-state index contributed by atoms with van der Waals surface area (Å²) in [7, 11) is 0. The number of ketones is 1. The molecule has 3 rings (SSSR count). The van der Waals surface area contributed by atoms with Crippen LogP contribution in [-0.2, 0) is 11.3 Å². The molecule has 0 amide bonds. The maximum atomic E-state index is 12.0. The minimum atomic E-state index is -0.404. The topological polar surface area (TPSA) is 32.7 Å². The molecule has 88 valence electrons. The smallest absolute Gasteiger partial charge is 0.165 e. The summed E-state index contributed by atoms with van der Waals surface area (Å²) in [6.45, 7) is 6.88. The highest BCUT2D eigenvalue weighted by Gasteiger charge is 2.45. The number of nitrogens with zero attached hydrogens (tertiary/aromatic N) is 2. The van der Waals surface area contributed by atoms with Crippen molar-refractivity contribution >= 4 is 17.3 Å². The van der Waals surface area contributed by atoms with E-state index in [0.717, 1.165) is 18.1 Å². The normalized spacial score (nSPS) is 21.0. The number of carbonyl (C=O) groups is 1. The van der Waals surface area contributed by atoms with Crippen molar-refractivity contribution in [2.45, 2.75) is 39.3 Å². The van der Waals surface area contributed by atoms with Crippen LogP contribution in [-0.4, -0.2) is 22.1 Å². The van der Waals surface area contributed by atoms with E-state index in [9.17, 15) is 4.79 Å². The Morgan fingerprint density at radius 3 is 2.88 bits per heavy atom. The molecule has 2 aliphatic heterocycles. The summed E-state index contributed by atoms with van der Waals surface area (Å²) in [5, 5.41) is 0. The molecule has 0 spiro atoms. The van der Waals surface area contributed by atoms with Gasteiger partial charge in [0, 0.05) is 12.1 Å². The van der Waals surface area contributed by atoms with E-state index in [1.54, 1.807) is 0 Å². The molecule has 0 N–H and O–H groups in total. The molecular weight excluding hydrogens is 212 g/mol. The average molecular weight is 228 g/mol. The van der Waals surface area contributed by atoms with Crippen LogP contribution in [0, 0.1) is 6.92 Å². The lowest BCUT2D eigenvalue weighted by atomic mass is 9.99. The van der Waals surface area contributed by atoms with Gasteiger partial charge in [0.05, 0.1) is 17.6 Å². The third kappa shape index (κ3) is 1.35. The van der Waals surface area contributed by atoms with Gasteiger partial charge in [-0.25, -0.2) is 4.99 Å². The number of aryl methyl sites for hydroxylation is 1. The number of carbonyl (C=O) groups excluding carboxylic acids is 1. The van der Waals surface area contributed by atoms with Crippen molar-refractivity contribution in [1.82, 2.24) is 4.90 Å². The van der Waals surface area contributed by atoms with Crippen molar-refractivity contribution in [3.05, 3.63) is 29.3 Å². The third-order valence-electron chi connectivity index (χ3n) is 3.94. The minimum Gasteiger partial charge on any atom is -0.343 e. The van der Waals surface area contributed by atoms with Gasteiger partial charge in [0.1, 0.15) is 5.84 Å². The van der Waals surface area contributed by atoms with E-state index in [4.69, 9.17) is 0 Å². The van der Waals surface area contributed by atoms with Crippen molar-refractivity contribution in [3.8, 4) is 0 Å². The summed E-state index contributed by atoms with van der Waals surface area (Å²) in [6.07, 6.45) is 0.473. The van der Waals surface area contributed by atoms with Gasteiger partial charge in [-0.1, -0.05) is 12.1 Å². The lowest BCUT2D eigenvalue weighted by Gasteiger charge is -2.35. The second-order valence-corrected chi connectivity index (χ2v) is 5.35. The van der Waals surface area contributed by atoms with Crippen LogP contribution in [0.1, 0.15) is 31.4 Å². The summed E-state index contributed by atoms with van der Waals surface area (Å²) in [6, 6.07) is 6.16. The highest BCUT2D eigenvalue weighted by atomic mass is 16.1. The zero-order valence-electron chi connectivity index (χ0n) is 10.4. The summed E-state index contributed by atoms with van der Waals surface area (Å²) < 4.78 is 0. The Labute approximate surface area is 101 Å². The molecule has 1 aromatic rings. The van der Waals surface area contributed by atoms with Crippen LogP contribution in [0.3, 0.4) is 0 Å². The van der Waals surface area contributed by atoms with Gasteiger partial charge >= 0.3 is 0 Å². The third-order valence-corrected chi connectivity index (χ3v) is 3.94. The number of hydrogen-bond donors (Lipinski definition) is 0. The molecule has 0 saturated carbocycles. The van der Waals surface area contributed by atoms with Gasteiger partial charge in [-0.2, -0.15) is 0 Å². The number of aliphatic imine (C=N–C) groups is 1. The molecule has 17 heavy (non-hydrogen) atoms. The van der Waals surface area contributed by atoms with Crippen LogP contribution >= 0.6 is 0 Å². The molecule has 0 aliphatic carbocycles. The fourth-order valence-electron chi connectivity index (χ4n) is 2.61. The van der Waals surface area contributed by atoms with Gasteiger partial charge in [-0.3, -0.25) is 4.79 Å². The Morgan fingerprint density at radius 1 is 1.35 bits per heavy atom. The molecule has 2 heterocycles. The molecule has 2 aliphatic rings. The van der Waals surface area contributed by atoms with Crippen LogP contribution in [0.25, 0.3) is 0 Å². The lowest BCUT2D eigenvalue weighted by Crippen LogP contribution is -2.44. The highest BCUT2D eigenvalue weighted by Crippen LogP contribution is 2.37. The molecule has 1 fully saturated rings. The van der Waals surface area contributed by atoms with E-state index < -0.39 is 5.54 Å². The van der Waals surface area contributed by atoms with E-state index in [1.807, 2.05) is 26.0 Å². The van der Waals surface area contributed by atoms with Gasteiger partial charge in [0.15, 0.2) is 5.78 Å². The summed E-state index contributed by atoms with van der Waals surface area (Å²) in [5.41, 5.74) is 3.12. The van der Waals surface area contributed by atoms with Gasteiger partial charge < -0.3 is 4.90 Å². The molecular formula is C14H16N2O. The predicted molar refractivity (Wildman–Crippen MR) is 67.5 cm³/mol. The SMILES string of the molecule is Cc1cccc2c1CN1C(=N2)CC(=O)C1(C)C. The Balaban J connectivity index is 2.13. The first-order valence-electron chi connectivity index (χ1n) is 5.97. The van der Waals surface area contributed by atoms with Crippen LogP contribution in [0.15, 0.2) is 23.2 Å². The average Bonchev–Trinajstić information content (AvgIpc) is 2.49. The first-order valence-corrected chi connectivity index (χ1v) is 5.97. The number of amidine groups is 1. The van der Waals surface area contributed by atoms with Gasteiger partial charge in [0.25, 0.3) is 0 Å². The Bertz CT molecular complexity index is 543. The fourth-order valence-corrected chi connectivity index (χ4v) is 2.61. The van der Waals surface area contributed by atoms with Gasteiger partial charge in [-0.05, 0) is 32.4 Å². The molecule has 0 radical (unpaired) electrons. The second-order valence-electron chi connectivity index (χ2n) is 5.35. The van der Waals surface area contributed by atoms with Crippen LogP contribution in [0.2, 0.25) is 0 Å². The van der Waals surface area contributed by atoms with E-state index in [1.165, 1.54) is 11.1 Å². The van der Waals surface area contributed by atoms with Crippen LogP contribution < -0.4 is 0 Å². The van der Waals surface area contributed by atoms with Crippen molar-refractivity contribution in [2.24, 2.45) is 4.99 Å². The van der Waals surface area contributed by atoms with Gasteiger partial charge in [-0.15, -0.1) is 0 Å². The van der Waals surface area contributed by atoms with E-state index >= 15 is 0 Å². The van der Waals surface area contributed by atoms with Gasteiger partial charge in [0.2, 0.25) is 0 Å². The predicted octanol–water partition coefficient (Wildman–Crippen LogP) is 2.59. The van der Waals surface area contributed by atoms with Crippen LogP contribution in [0.5, 0.6) is 0 Å². The fraction of sp³-hybridized carbons (Fsp3) is 0.429. The number of fused-ring (bicyclic) bond motifs is 2. The first kappa shape index (κ1) is 10.5. The van der Waals surface area contributed by atoms with Crippen molar-refractivity contribution < 1.29 is 4.79 Å². The zero-order valence-corrected chi connectivity index (χ0v) is 10.4. The molecule has 0 bridgehead atoms. The summed E-state index contributed by atoms with van der Waals surface area (Å²) in [4.78, 5) is 18.8. The monoisotopic (exact) mass is 228 g/mol. The molecule has 0 aromatic heterocycles. The molecule has 3 heteroatoms. The standard InChI is InChI=1S/C14H16N2O/c1-9-5-4-6-11-10(9)8-16-13(15-11)7-12(17)14(16,2)3/h4-6H,7-8H2,1-3H3. The maximum Gasteiger partial charge on any atom is 0.165 e. The second kappa shape index (κ2) is 3.19. The van der Waals surface area contributed by atoms with Crippen molar-refractivity contribution in [1.29, 1.82) is 0 Å². The molecule has 1 aromatic carbocycles. The highest BCUT2D eigenvalue weighted by molar-refractivity contribution is 6.13. The van der Waals surface area contributed by atoms with E-state index in [0.29, 0.717) is 6.42 Å². The summed E-state index contributed by atoms with van der Waals surface area (Å²) >= 11 is 0. The largest absolute Gasteiger partial charge is 0.343 e. The zero-order chi connectivity index (χ0) is 12.2. The van der Waals surface area contributed by atoms with Crippen molar-refractivity contribution in [3.63, 3.8) is 0 Å². The minimum absolute atomic E-state index is 0.265. The quantitative estimate of drug-likeness (QED) is 0.683. The maximum absolute atomic E-state index is 12.0. The lowest BCUT2D eigenvalue weighted by molar-refractivity contribution is -0.123. The first-order chi connectivity index (χ1) is 8.00. The molecule has 0 unspecified atom stereocenters. The number of rotatable bonds is 0. The number of hydrogen-bond acceptors (Lipinski definition) is 3. The molecule has 1 saturated heterocycles.